The molecule has 2 aromatic carbocycles. The number of aromatic nitrogens is 2. The molecule has 7 rings (SSSR count). The molecule has 5 nitrogen and oxygen atoms in total. The van der Waals surface area contributed by atoms with Crippen molar-refractivity contribution in [2.75, 3.05) is 5.32 Å². The van der Waals surface area contributed by atoms with E-state index in [0.717, 1.165) is 35.7 Å². The summed E-state index contributed by atoms with van der Waals surface area (Å²) >= 11 is 1.83. The molecule has 1 fully saturated rings. The van der Waals surface area contributed by atoms with Gasteiger partial charge in [-0.3, -0.25) is 10.1 Å². The summed E-state index contributed by atoms with van der Waals surface area (Å²) in [6, 6.07) is 21.3. The minimum atomic E-state index is -0.427. The van der Waals surface area contributed by atoms with Crippen molar-refractivity contribution in [3.63, 3.8) is 0 Å². The fourth-order valence-corrected chi connectivity index (χ4v) is 8.15. The van der Waals surface area contributed by atoms with Gasteiger partial charge in [-0.2, -0.15) is 4.40 Å². The first-order valence-electron chi connectivity index (χ1n) is 13.2. The van der Waals surface area contributed by atoms with Gasteiger partial charge in [-0.05, 0) is 57.7 Å². The molecule has 0 radical (unpaired) electrons. The second-order valence-electron chi connectivity index (χ2n) is 11.7. The summed E-state index contributed by atoms with van der Waals surface area (Å²) in [4.78, 5) is 15.4. The van der Waals surface area contributed by atoms with Gasteiger partial charge in [-0.1, -0.05) is 72.0 Å². The van der Waals surface area contributed by atoms with Gasteiger partial charge >= 0.3 is 0 Å². The van der Waals surface area contributed by atoms with Crippen molar-refractivity contribution in [1.82, 2.24) is 4.57 Å². The van der Waals surface area contributed by atoms with Crippen molar-refractivity contribution in [3.05, 3.63) is 78.5 Å². The van der Waals surface area contributed by atoms with E-state index in [1.165, 1.54) is 21.7 Å². The van der Waals surface area contributed by atoms with Gasteiger partial charge in [0.05, 0.1) is 16.8 Å². The Labute approximate surface area is 221 Å². The number of carbonyl (C=O) groups excluding carboxylic acids is 1. The molecule has 1 saturated carbocycles. The number of hydrogen-bond acceptors (Lipinski definition) is 4. The van der Waals surface area contributed by atoms with Gasteiger partial charge < -0.3 is 4.74 Å². The first-order chi connectivity index (χ1) is 17.8. The molecular formula is C31H32N3O2S+. The normalized spacial score (nSPS) is 24.7. The highest BCUT2D eigenvalue weighted by atomic mass is 32.1. The van der Waals surface area contributed by atoms with Gasteiger partial charge in [0.2, 0.25) is 0 Å². The van der Waals surface area contributed by atoms with Crippen molar-refractivity contribution in [2.24, 2.45) is 0 Å². The third-order valence-electron chi connectivity index (χ3n) is 8.18. The Kier molecular flexibility index (Phi) is 4.89. The second kappa shape index (κ2) is 7.89. The molecule has 0 unspecified atom stereocenters. The summed E-state index contributed by atoms with van der Waals surface area (Å²) in [7, 11) is 0. The lowest BCUT2D eigenvalue weighted by atomic mass is 9.73. The fraction of sp³-hybridized carbons (Fsp3) is 0.355. The number of hydrogen-bond donors (Lipinski definition) is 1. The fourth-order valence-electron chi connectivity index (χ4n) is 6.76. The Hall–Kier alpha value is -3.22. The van der Waals surface area contributed by atoms with Crippen LogP contribution in [0, 0.1) is 0 Å². The zero-order valence-electron chi connectivity index (χ0n) is 21.6. The van der Waals surface area contributed by atoms with Gasteiger partial charge in [0.25, 0.3) is 10.8 Å². The SMILES string of the molecule is CC(C)(C)Nc1c2n(c3sc(-c4ccccc4)c(-c4ccccc4)[n+]13)[C@]13CCC[C@]1(C=CC(=O)C3)OC2. The predicted octanol–water partition coefficient (Wildman–Crippen LogP) is 6.51. The molecule has 3 aliphatic rings. The summed E-state index contributed by atoms with van der Waals surface area (Å²) in [5.74, 6) is 1.26. The van der Waals surface area contributed by atoms with Crippen molar-refractivity contribution in [3.8, 4) is 21.7 Å². The van der Waals surface area contributed by atoms with Gasteiger partial charge in [0, 0.05) is 5.56 Å². The van der Waals surface area contributed by atoms with E-state index in [1.54, 1.807) is 6.08 Å². The molecule has 37 heavy (non-hydrogen) atoms. The van der Waals surface area contributed by atoms with Crippen LogP contribution >= 0.6 is 11.3 Å². The number of carbonyl (C=O) groups is 1. The molecule has 2 aliphatic carbocycles. The molecule has 0 spiro atoms. The molecule has 1 aliphatic heterocycles. The first-order valence-corrected chi connectivity index (χ1v) is 14.0. The topological polar surface area (TPSA) is 47.4 Å². The minimum absolute atomic E-state index is 0.157. The zero-order chi connectivity index (χ0) is 25.4. The lowest BCUT2D eigenvalue weighted by Crippen LogP contribution is -2.58. The maximum atomic E-state index is 13.0. The molecular weight excluding hydrogens is 478 g/mol. The third-order valence-corrected chi connectivity index (χ3v) is 9.36. The predicted molar refractivity (Wildman–Crippen MR) is 148 cm³/mol. The van der Waals surface area contributed by atoms with Crippen LogP contribution in [0.5, 0.6) is 0 Å². The van der Waals surface area contributed by atoms with Crippen LogP contribution < -0.4 is 9.72 Å². The molecule has 4 aromatic rings. The Morgan fingerprint density at radius 2 is 1.70 bits per heavy atom. The maximum Gasteiger partial charge on any atom is 0.293 e. The largest absolute Gasteiger partial charge is 0.359 e. The van der Waals surface area contributed by atoms with Gasteiger partial charge in [0.1, 0.15) is 23.4 Å². The Morgan fingerprint density at radius 3 is 2.41 bits per heavy atom. The number of nitrogens with zero attached hydrogens (tertiary/aromatic N) is 2. The van der Waals surface area contributed by atoms with Gasteiger partial charge in [-0.15, -0.1) is 0 Å². The second-order valence-corrected chi connectivity index (χ2v) is 12.7. The van der Waals surface area contributed by atoms with Crippen molar-refractivity contribution >= 4 is 27.9 Å². The number of ketones is 1. The molecule has 188 valence electrons. The Morgan fingerprint density at radius 1 is 1.00 bits per heavy atom. The monoisotopic (exact) mass is 510 g/mol. The Bertz CT molecular complexity index is 1560. The number of anilines is 1. The minimum Gasteiger partial charge on any atom is -0.359 e. The van der Waals surface area contributed by atoms with Crippen LogP contribution in [0.2, 0.25) is 0 Å². The van der Waals surface area contributed by atoms with E-state index in [1.807, 2.05) is 11.3 Å². The van der Waals surface area contributed by atoms with E-state index in [-0.39, 0.29) is 11.3 Å². The summed E-state index contributed by atoms with van der Waals surface area (Å²) < 4.78 is 11.7. The third kappa shape index (κ3) is 3.25. The maximum absolute atomic E-state index is 13.0. The van der Waals surface area contributed by atoms with E-state index in [9.17, 15) is 4.79 Å². The summed E-state index contributed by atoms with van der Waals surface area (Å²) in [6.07, 6.45) is 7.25. The number of allylic oxidation sites excluding steroid dienone is 1. The molecule has 0 amide bonds. The Balaban J connectivity index is 1.62. The van der Waals surface area contributed by atoms with Crippen LogP contribution in [0.3, 0.4) is 0 Å². The van der Waals surface area contributed by atoms with E-state index in [4.69, 9.17) is 4.74 Å². The van der Waals surface area contributed by atoms with Crippen LogP contribution in [0.1, 0.15) is 52.1 Å². The summed E-state index contributed by atoms with van der Waals surface area (Å²) in [5, 5.41) is 3.85. The lowest BCUT2D eigenvalue weighted by Gasteiger charge is -2.47. The highest BCUT2D eigenvalue weighted by Crippen LogP contribution is 2.57. The van der Waals surface area contributed by atoms with Crippen molar-refractivity contribution in [2.45, 2.75) is 69.7 Å². The lowest BCUT2D eigenvalue weighted by molar-refractivity contribution is -0.478. The van der Waals surface area contributed by atoms with Crippen LogP contribution in [0.15, 0.2) is 72.8 Å². The first kappa shape index (κ1) is 22.9. The summed E-state index contributed by atoms with van der Waals surface area (Å²) in [6.45, 7) is 7.11. The molecule has 3 heterocycles. The summed E-state index contributed by atoms with van der Waals surface area (Å²) in [5.41, 5.74) is 3.71. The molecule has 0 bridgehead atoms. The van der Waals surface area contributed by atoms with Gasteiger partial charge in [0.15, 0.2) is 11.5 Å². The van der Waals surface area contributed by atoms with E-state index in [0.29, 0.717) is 13.0 Å². The number of rotatable bonds is 3. The van der Waals surface area contributed by atoms with Crippen LogP contribution in [-0.4, -0.2) is 21.5 Å². The standard InChI is InChI=1S/C31H32N3O2S/c1-29(2,3)32-27-24-20-36-31-17-10-16-30(31,19-23(35)15-18-31)34(24)28-33(27)25(21-11-6-4-7-12-21)26(37-28)22-13-8-5-9-14-22/h4-9,11-15,18,32H,10,16-17,19-20H2,1-3H3/q+1/t30-,31+/m0/s1. The number of thiazole rings is 1. The average molecular weight is 511 g/mol. The molecule has 6 heteroatoms. The molecule has 2 atom stereocenters. The number of benzene rings is 2. The number of ether oxygens (including phenoxy) is 1. The quantitative estimate of drug-likeness (QED) is 0.320. The van der Waals surface area contributed by atoms with Crippen molar-refractivity contribution in [1.29, 1.82) is 0 Å². The van der Waals surface area contributed by atoms with Crippen molar-refractivity contribution < 1.29 is 13.9 Å². The number of fused-ring (bicyclic) bond motifs is 3. The highest BCUT2D eigenvalue weighted by molar-refractivity contribution is 7.20. The average Bonchev–Trinajstić information content (AvgIpc) is 3.54. The van der Waals surface area contributed by atoms with Crippen LogP contribution in [0.4, 0.5) is 5.82 Å². The van der Waals surface area contributed by atoms with E-state index >= 15 is 0 Å². The molecule has 2 aromatic heterocycles. The number of nitrogens with one attached hydrogen (secondary N) is 1. The highest BCUT2D eigenvalue weighted by Gasteiger charge is 2.65. The smallest absolute Gasteiger partial charge is 0.293 e. The van der Waals surface area contributed by atoms with Crippen LogP contribution in [-0.2, 0) is 21.7 Å². The van der Waals surface area contributed by atoms with Crippen LogP contribution in [0.25, 0.3) is 26.7 Å². The molecule has 1 N–H and O–H groups in total. The molecule has 0 saturated heterocycles. The van der Waals surface area contributed by atoms with E-state index in [2.05, 4.69) is 102 Å². The van der Waals surface area contributed by atoms with E-state index < -0.39 is 11.1 Å². The number of imidazole rings is 1. The zero-order valence-corrected chi connectivity index (χ0v) is 22.4. The van der Waals surface area contributed by atoms with Gasteiger partial charge in [-0.25, -0.2) is 4.57 Å².